The third-order valence-electron chi connectivity index (χ3n) is 5.74. The van der Waals surface area contributed by atoms with E-state index < -0.39 is 0 Å². The van der Waals surface area contributed by atoms with Crippen LogP contribution in [0.5, 0.6) is 5.75 Å². The van der Waals surface area contributed by atoms with E-state index in [1.165, 1.54) is 24.0 Å². The molecule has 0 radical (unpaired) electrons. The molecule has 1 aliphatic rings. The molecule has 3 aromatic rings. The van der Waals surface area contributed by atoms with Gasteiger partial charge in [0.15, 0.2) is 0 Å². The van der Waals surface area contributed by atoms with Gasteiger partial charge >= 0.3 is 0 Å². The van der Waals surface area contributed by atoms with E-state index >= 15 is 0 Å². The Labute approximate surface area is 198 Å². The zero-order valence-electron chi connectivity index (χ0n) is 17.6. The minimum atomic E-state index is 0.523. The van der Waals surface area contributed by atoms with Crippen molar-refractivity contribution in [1.29, 1.82) is 0 Å². The molecule has 0 aliphatic carbocycles. The molecule has 3 nitrogen and oxygen atoms in total. The van der Waals surface area contributed by atoms with Gasteiger partial charge in [-0.1, -0.05) is 60.1 Å². The number of piperidine rings is 1. The smallest absolute Gasteiger partial charge is 0.134 e. The van der Waals surface area contributed by atoms with Gasteiger partial charge in [0.1, 0.15) is 12.4 Å². The number of ether oxygens (including phenoxy) is 1. The molecule has 0 bridgehead atoms. The van der Waals surface area contributed by atoms with Crippen LogP contribution in [0.25, 0.3) is 0 Å². The van der Waals surface area contributed by atoms with Crippen molar-refractivity contribution in [3.05, 3.63) is 99.0 Å². The standard InChI is InChI=1S/C26H28BrClN2O/c27-25-16-22(8-11-26(25)31-19-21-6-9-23(28)10-7-21)17-29-24-12-14-30(15-13-24)18-20-4-2-1-3-5-20/h1-11,16,24,29H,12-15,17-19H2. The summed E-state index contributed by atoms with van der Waals surface area (Å²) in [6.07, 6.45) is 2.38. The summed E-state index contributed by atoms with van der Waals surface area (Å²) in [6, 6.07) is 25.4. The van der Waals surface area contributed by atoms with Gasteiger partial charge < -0.3 is 10.1 Å². The van der Waals surface area contributed by atoms with Crippen LogP contribution in [0.4, 0.5) is 0 Å². The van der Waals surface area contributed by atoms with E-state index in [0.29, 0.717) is 12.6 Å². The minimum absolute atomic E-state index is 0.523. The summed E-state index contributed by atoms with van der Waals surface area (Å²) in [7, 11) is 0. The van der Waals surface area contributed by atoms with E-state index in [4.69, 9.17) is 16.3 Å². The van der Waals surface area contributed by atoms with Gasteiger partial charge in [0.2, 0.25) is 0 Å². The van der Waals surface area contributed by atoms with Gasteiger partial charge in [-0.3, -0.25) is 4.90 Å². The topological polar surface area (TPSA) is 24.5 Å². The van der Waals surface area contributed by atoms with Crippen LogP contribution in [0.15, 0.2) is 77.3 Å². The van der Waals surface area contributed by atoms with E-state index in [9.17, 15) is 0 Å². The summed E-state index contributed by atoms with van der Waals surface area (Å²) < 4.78 is 6.94. The van der Waals surface area contributed by atoms with E-state index in [1.807, 2.05) is 30.3 Å². The van der Waals surface area contributed by atoms with E-state index in [-0.39, 0.29) is 0 Å². The quantitative estimate of drug-likeness (QED) is 0.386. The first-order chi connectivity index (χ1) is 15.2. The number of rotatable bonds is 8. The van der Waals surface area contributed by atoms with Crippen LogP contribution < -0.4 is 10.1 Å². The monoisotopic (exact) mass is 498 g/mol. The molecule has 0 saturated carbocycles. The van der Waals surface area contributed by atoms with Crippen molar-refractivity contribution in [1.82, 2.24) is 10.2 Å². The Bertz CT molecular complexity index is 957. The number of benzene rings is 3. The van der Waals surface area contributed by atoms with E-state index in [1.54, 1.807) is 0 Å². The largest absolute Gasteiger partial charge is 0.488 e. The Hall–Kier alpha value is -1.85. The molecule has 4 rings (SSSR count). The Balaban J connectivity index is 1.21. The average Bonchev–Trinajstić information content (AvgIpc) is 2.80. The summed E-state index contributed by atoms with van der Waals surface area (Å²) in [4.78, 5) is 2.55. The Morgan fingerprint density at radius 3 is 2.32 bits per heavy atom. The predicted molar refractivity (Wildman–Crippen MR) is 132 cm³/mol. The SMILES string of the molecule is Clc1ccc(COc2ccc(CNC3CCN(Cc4ccccc4)CC3)cc2Br)cc1. The van der Waals surface area contributed by atoms with Crippen molar-refractivity contribution in [2.45, 2.75) is 38.6 Å². The van der Waals surface area contributed by atoms with Gasteiger partial charge in [0.25, 0.3) is 0 Å². The molecular weight excluding hydrogens is 472 g/mol. The molecule has 31 heavy (non-hydrogen) atoms. The highest BCUT2D eigenvalue weighted by molar-refractivity contribution is 9.10. The molecule has 1 saturated heterocycles. The van der Waals surface area contributed by atoms with Gasteiger partial charge in [0, 0.05) is 24.2 Å². The number of halogens is 2. The van der Waals surface area contributed by atoms with Crippen LogP contribution in [-0.4, -0.2) is 24.0 Å². The maximum atomic E-state index is 5.96. The molecule has 5 heteroatoms. The normalized spacial score (nSPS) is 15.2. The molecule has 1 fully saturated rings. The summed E-state index contributed by atoms with van der Waals surface area (Å²) in [5, 5.41) is 4.47. The first-order valence-electron chi connectivity index (χ1n) is 10.8. The maximum absolute atomic E-state index is 5.96. The molecule has 1 aliphatic heterocycles. The highest BCUT2D eigenvalue weighted by Gasteiger charge is 2.18. The first-order valence-corrected chi connectivity index (χ1v) is 12.0. The molecule has 0 unspecified atom stereocenters. The molecule has 0 spiro atoms. The van der Waals surface area contributed by atoms with Crippen LogP contribution in [0.1, 0.15) is 29.5 Å². The zero-order chi connectivity index (χ0) is 21.5. The predicted octanol–water partition coefficient (Wildman–Crippen LogP) is 6.44. The lowest BCUT2D eigenvalue weighted by Crippen LogP contribution is -2.41. The molecule has 1 heterocycles. The molecule has 3 aromatic carbocycles. The lowest BCUT2D eigenvalue weighted by molar-refractivity contribution is 0.190. The lowest BCUT2D eigenvalue weighted by Gasteiger charge is -2.32. The van der Waals surface area contributed by atoms with Crippen molar-refractivity contribution in [3.8, 4) is 5.75 Å². The lowest BCUT2D eigenvalue weighted by atomic mass is 10.0. The number of nitrogens with zero attached hydrogens (tertiary/aromatic N) is 1. The molecule has 1 N–H and O–H groups in total. The fourth-order valence-electron chi connectivity index (χ4n) is 3.91. The van der Waals surface area contributed by atoms with Crippen molar-refractivity contribution >= 4 is 27.5 Å². The second-order valence-corrected chi connectivity index (χ2v) is 9.39. The average molecular weight is 500 g/mol. The third kappa shape index (κ3) is 6.81. The van der Waals surface area contributed by atoms with E-state index in [2.05, 4.69) is 68.6 Å². The highest BCUT2D eigenvalue weighted by Crippen LogP contribution is 2.27. The second kappa shape index (κ2) is 11.1. The third-order valence-corrected chi connectivity index (χ3v) is 6.61. The van der Waals surface area contributed by atoms with Crippen LogP contribution in [0, 0.1) is 0 Å². The summed E-state index contributed by atoms with van der Waals surface area (Å²) in [5.41, 5.74) is 3.76. The Kier molecular flexibility index (Phi) is 8.03. The molecular formula is C26H28BrClN2O. The Morgan fingerprint density at radius 1 is 0.903 bits per heavy atom. The van der Waals surface area contributed by atoms with Crippen LogP contribution in [0.3, 0.4) is 0 Å². The number of hydrogen-bond acceptors (Lipinski definition) is 3. The number of nitrogens with one attached hydrogen (secondary N) is 1. The number of likely N-dealkylation sites (tertiary alicyclic amines) is 1. The van der Waals surface area contributed by atoms with Crippen LogP contribution in [0.2, 0.25) is 5.02 Å². The summed E-state index contributed by atoms with van der Waals surface area (Å²) >= 11 is 9.60. The number of hydrogen-bond donors (Lipinski definition) is 1. The molecule has 0 amide bonds. The van der Waals surface area contributed by atoms with Gasteiger partial charge in [-0.05, 0) is 82.8 Å². The zero-order valence-corrected chi connectivity index (χ0v) is 19.9. The molecule has 0 atom stereocenters. The van der Waals surface area contributed by atoms with Crippen molar-refractivity contribution in [2.24, 2.45) is 0 Å². The van der Waals surface area contributed by atoms with Gasteiger partial charge in [-0.15, -0.1) is 0 Å². The van der Waals surface area contributed by atoms with Crippen LogP contribution >= 0.6 is 27.5 Å². The van der Waals surface area contributed by atoms with Crippen molar-refractivity contribution in [2.75, 3.05) is 13.1 Å². The van der Waals surface area contributed by atoms with Gasteiger partial charge in [0.05, 0.1) is 4.47 Å². The van der Waals surface area contributed by atoms with Crippen LogP contribution in [-0.2, 0) is 19.7 Å². The van der Waals surface area contributed by atoms with Gasteiger partial charge in [-0.2, -0.15) is 0 Å². The molecule has 162 valence electrons. The summed E-state index contributed by atoms with van der Waals surface area (Å²) in [6.45, 7) is 4.74. The maximum Gasteiger partial charge on any atom is 0.134 e. The van der Waals surface area contributed by atoms with E-state index in [0.717, 1.165) is 47.0 Å². The van der Waals surface area contributed by atoms with Gasteiger partial charge in [-0.25, -0.2) is 0 Å². The molecule has 0 aromatic heterocycles. The summed E-state index contributed by atoms with van der Waals surface area (Å²) in [5.74, 6) is 0.855. The first kappa shape index (κ1) is 22.3. The second-order valence-electron chi connectivity index (χ2n) is 8.10. The van der Waals surface area contributed by atoms with Crippen molar-refractivity contribution in [3.63, 3.8) is 0 Å². The highest BCUT2D eigenvalue weighted by atomic mass is 79.9. The van der Waals surface area contributed by atoms with Crippen molar-refractivity contribution < 1.29 is 4.74 Å². The fourth-order valence-corrected chi connectivity index (χ4v) is 4.58. The fraction of sp³-hybridized carbons (Fsp3) is 0.308. The minimum Gasteiger partial charge on any atom is -0.488 e. The Morgan fingerprint density at radius 2 is 1.61 bits per heavy atom.